The van der Waals surface area contributed by atoms with Crippen LogP contribution < -0.4 is 0 Å². The van der Waals surface area contributed by atoms with Crippen LogP contribution in [0, 0.1) is 11.3 Å². The summed E-state index contributed by atoms with van der Waals surface area (Å²) in [6.07, 6.45) is 2.75. The number of hydrogen-bond acceptors (Lipinski definition) is 4. The zero-order valence-corrected chi connectivity index (χ0v) is 9.69. The van der Waals surface area contributed by atoms with Crippen molar-refractivity contribution < 1.29 is 9.47 Å². The van der Waals surface area contributed by atoms with Crippen molar-refractivity contribution in [3.8, 4) is 6.07 Å². The van der Waals surface area contributed by atoms with Crippen molar-refractivity contribution in [1.29, 1.82) is 5.26 Å². The smallest absolute Gasteiger partial charge is 0.166 e. The highest BCUT2D eigenvalue weighted by Gasteiger charge is 2.26. The van der Waals surface area contributed by atoms with Gasteiger partial charge in [-0.1, -0.05) is 0 Å². The van der Waals surface area contributed by atoms with Crippen molar-refractivity contribution >= 4 is 0 Å². The molecule has 1 fully saturated rings. The number of ether oxygens (including phenoxy) is 2. The van der Waals surface area contributed by atoms with Gasteiger partial charge in [-0.15, -0.1) is 0 Å². The number of fused-ring (bicyclic) bond motifs is 1. The summed E-state index contributed by atoms with van der Waals surface area (Å²) in [6.45, 7) is 2.84. The summed E-state index contributed by atoms with van der Waals surface area (Å²) >= 11 is 0. The lowest BCUT2D eigenvalue weighted by molar-refractivity contribution is 0.0589. The van der Waals surface area contributed by atoms with Gasteiger partial charge in [-0.2, -0.15) is 10.4 Å². The summed E-state index contributed by atoms with van der Waals surface area (Å²) in [5.74, 6) is 0. The minimum atomic E-state index is 0.362. The van der Waals surface area contributed by atoms with Gasteiger partial charge in [-0.25, -0.2) is 0 Å². The van der Waals surface area contributed by atoms with E-state index < -0.39 is 0 Å². The molecule has 1 saturated heterocycles. The third kappa shape index (κ3) is 1.84. The Bertz CT molecular complexity index is 455. The normalized spacial score (nSPS) is 20.9. The average Bonchev–Trinajstić information content (AvgIpc) is 2.78. The van der Waals surface area contributed by atoms with Crippen molar-refractivity contribution in [2.24, 2.45) is 0 Å². The molecule has 0 amide bonds. The predicted molar refractivity (Wildman–Crippen MR) is 59.4 cm³/mol. The molecule has 0 radical (unpaired) electrons. The van der Waals surface area contributed by atoms with Crippen molar-refractivity contribution in [3.05, 3.63) is 17.0 Å². The van der Waals surface area contributed by atoms with Crippen LogP contribution in [-0.4, -0.2) is 29.6 Å². The minimum absolute atomic E-state index is 0.362. The van der Waals surface area contributed by atoms with E-state index in [2.05, 4.69) is 11.2 Å². The zero-order valence-electron chi connectivity index (χ0n) is 9.69. The van der Waals surface area contributed by atoms with Gasteiger partial charge in [0, 0.05) is 25.2 Å². The molecular formula is C12H15N3O2. The third-order valence-corrected chi connectivity index (χ3v) is 3.50. The van der Waals surface area contributed by atoms with Gasteiger partial charge in [0.25, 0.3) is 0 Å². The highest BCUT2D eigenvalue weighted by Crippen LogP contribution is 2.28. The number of hydrogen-bond donors (Lipinski definition) is 0. The van der Waals surface area contributed by atoms with Crippen molar-refractivity contribution in [3.63, 3.8) is 0 Å². The summed E-state index contributed by atoms with van der Waals surface area (Å²) < 4.78 is 12.9. The molecule has 3 rings (SSSR count). The molecule has 2 aliphatic rings. The SMILES string of the molecule is N#Cc1nn(C2CCOCC2)c2c1CCOC2. The molecule has 3 heterocycles. The summed E-state index contributed by atoms with van der Waals surface area (Å²) in [5.41, 5.74) is 2.76. The maximum absolute atomic E-state index is 9.11. The van der Waals surface area contributed by atoms with E-state index in [0.717, 1.165) is 43.7 Å². The monoisotopic (exact) mass is 233 g/mol. The predicted octanol–water partition coefficient (Wildman–Crippen LogP) is 1.18. The lowest BCUT2D eigenvalue weighted by Gasteiger charge is -2.25. The van der Waals surface area contributed by atoms with Crippen LogP contribution >= 0.6 is 0 Å². The molecule has 0 unspecified atom stereocenters. The molecule has 0 bridgehead atoms. The van der Waals surface area contributed by atoms with Crippen LogP contribution in [0.15, 0.2) is 0 Å². The van der Waals surface area contributed by atoms with E-state index in [9.17, 15) is 0 Å². The second kappa shape index (κ2) is 4.47. The lowest BCUT2D eigenvalue weighted by atomic mass is 10.1. The van der Waals surface area contributed by atoms with E-state index >= 15 is 0 Å². The van der Waals surface area contributed by atoms with Crippen LogP contribution in [0.1, 0.15) is 35.8 Å². The molecule has 0 aromatic carbocycles. The molecule has 0 N–H and O–H groups in total. The fraction of sp³-hybridized carbons (Fsp3) is 0.667. The first-order chi connectivity index (χ1) is 8.40. The maximum atomic E-state index is 9.11. The second-order valence-corrected chi connectivity index (χ2v) is 4.48. The highest BCUT2D eigenvalue weighted by molar-refractivity contribution is 5.36. The molecule has 1 aromatic heterocycles. The van der Waals surface area contributed by atoms with Crippen LogP contribution in [-0.2, 0) is 22.5 Å². The quantitative estimate of drug-likeness (QED) is 0.730. The molecule has 0 atom stereocenters. The molecule has 2 aliphatic heterocycles. The van der Waals surface area contributed by atoms with Gasteiger partial charge < -0.3 is 9.47 Å². The second-order valence-electron chi connectivity index (χ2n) is 4.48. The molecule has 0 spiro atoms. The van der Waals surface area contributed by atoms with Gasteiger partial charge in [-0.05, 0) is 12.8 Å². The van der Waals surface area contributed by atoms with Crippen LogP contribution in [0.25, 0.3) is 0 Å². The van der Waals surface area contributed by atoms with Crippen molar-refractivity contribution in [2.45, 2.75) is 31.9 Å². The minimum Gasteiger partial charge on any atom is -0.381 e. The molecule has 0 saturated carbocycles. The highest BCUT2D eigenvalue weighted by atomic mass is 16.5. The Morgan fingerprint density at radius 3 is 2.82 bits per heavy atom. The third-order valence-electron chi connectivity index (χ3n) is 3.50. The van der Waals surface area contributed by atoms with Gasteiger partial charge in [0.05, 0.1) is 24.9 Å². The van der Waals surface area contributed by atoms with Crippen molar-refractivity contribution in [1.82, 2.24) is 9.78 Å². The van der Waals surface area contributed by atoms with E-state index in [1.54, 1.807) is 0 Å². The van der Waals surface area contributed by atoms with Crippen LogP contribution in [0.4, 0.5) is 0 Å². The van der Waals surface area contributed by atoms with E-state index in [4.69, 9.17) is 14.7 Å². The standard InChI is InChI=1S/C12H15N3O2/c13-7-11-10-3-6-17-8-12(10)15(14-11)9-1-4-16-5-2-9/h9H,1-6,8H2. The Kier molecular flexibility index (Phi) is 2.83. The van der Waals surface area contributed by atoms with Crippen LogP contribution in [0.5, 0.6) is 0 Å². The number of rotatable bonds is 1. The van der Waals surface area contributed by atoms with E-state index in [1.165, 1.54) is 0 Å². The van der Waals surface area contributed by atoms with E-state index in [-0.39, 0.29) is 0 Å². The van der Waals surface area contributed by atoms with Gasteiger partial charge in [0.15, 0.2) is 5.69 Å². The maximum Gasteiger partial charge on any atom is 0.166 e. The molecule has 5 heteroatoms. The van der Waals surface area contributed by atoms with Crippen molar-refractivity contribution in [2.75, 3.05) is 19.8 Å². The Morgan fingerprint density at radius 1 is 1.24 bits per heavy atom. The summed E-state index contributed by atoms with van der Waals surface area (Å²) in [7, 11) is 0. The number of nitriles is 1. The first-order valence-corrected chi connectivity index (χ1v) is 6.06. The largest absolute Gasteiger partial charge is 0.381 e. The lowest BCUT2D eigenvalue weighted by Crippen LogP contribution is -2.23. The van der Waals surface area contributed by atoms with Gasteiger partial charge in [0.2, 0.25) is 0 Å². The Morgan fingerprint density at radius 2 is 2.06 bits per heavy atom. The fourth-order valence-electron chi connectivity index (χ4n) is 2.58. The molecule has 1 aromatic rings. The van der Waals surface area contributed by atoms with E-state index in [1.807, 2.05) is 4.68 Å². The molecular weight excluding hydrogens is 218 g/mol. The Balaban J connectivity index is 1.98. The number of nitrogens with zero attached hydrogens (tertiary/aromatic N) is 3. The first kappa shape index (κ1) is 10.8. The molecule has 0 aliphatic carbocycles. The Hall–Kier alpha value is -1.38. The zero-order chi connectivity index (χ0) is 11.7. The fourth-order valence-corrected chi connectivity index (χ4v) is 2.58. The van der Waals surface area contributed by atoms with E-state index in [0.29, 0.717) is 24.9 Å². The van der Waals surface area contributed by atoms with Crippen LogP contribution in [0.2, 0.25) is 0 Å². The Labute approximate surface area is 99.9 Å². The van der Waals surface area contributed by atoms with Gasteiger partial charge in [-0.3, -0.25) is 4.68 Å². The first-order valence-electron chi connectivity index (χ1n) is 6.06. The average molecular weight is 233 g/mol. The van der Waals surface area contributed by atoms with Crippen LogP contribution in [0.3, 0.4) is 0 Å². The molecule has 90 valence electrons. The van der Waals surface area contributed by atoms with Gasteiger partial charge >= 0.3 is 0 Å². The topological polar surface area (TPSA) is 60.1 Å². The summed E-state index contributed by atoms with van der Waals surface area (Å²) in [5, 5.41) is 13.6. The molecule has 5 nitrogen and oxygen atoms in total. The number of aromatic nitrogens is 2. The molecule has 17 heavy (non-hydrogen) atoms. The summed E-state index contributed by atoms with van der Waals surface area (Å²) in [4.78, 5) is 0. The van der Waals surface area contributed by atoms with Gasteiger partial charge in [0.1, 0.15) is 6.07 Å². The summed E-state index contributed by atoms with van der Waals surface area (Å²) in [6, 6.07) is 2.56.